The van der Waals surface area contributed by atoms with Gasteiger partial charge in [0.1, 0.15) is 6.04 Å². The molecule has 0 aromatic heterocycles. The van der Waals surface area contributed by atoms with E-state index in [9.17, 15) is 32.1 Å². The maximum atomic E-state index is 12.7. The minimum atomic E-state index is -4.62. The van der Waals surface area contributed by atoms with Crippen molar-refractivity contribution in [3.8, 4) is 0 Å². The van der Waals surface area contributed by atoms with E-state index in [0.29, 0.717) is 11.0 Å². The summed E-state index contributed by atoms with van der Waals surface area (Å²) in [6.45, 7) is 0. The molecule has 0 radical (unpaired) electrons. The number of aliphatic carboxylic acids is 1. The normalized spacial score (nSPS) is 13.6. The van der Waals surface area contributed by atoms with Crippen molar-refractivity contribution in [2.24, 2.45) is 0 Å². The molecular weight excluding hydrogens is 383 g/mol. The highest BCUT2D eigenvalue weighted by molar-refractivity contribution is 7.85. The van der Waals surface area contributed by atoms with Crippen LogP contribution in [0.2, 0.25) is 0 Å². The molecule has 144 valence electrons. The Morgan fingerprint density at radius 2 is 1.74 bits per heavy atom. The first kappa shape index (κ1) is 20.6. The zero-order chi connectivity index (χ0) is 20.0. The maximum absolute atomic E-state index is 12.7. The monoisotopic (exact) mass is 399 g/mol. The molecule has 2 N–H and O–H groups in total. The number of amides is 1. The van der Waals surface area contributed by atoms with Crippen LogP contribution in [0.4, 0.5) is 13.2 Å². The summed E-state index contributed by atoms with van der Waals surface area (Å²) in [6.07, 6.45) is -4.75. The van der Waals surface area contributed by atoms with Gasteiger partial charge in [-0.25, -0.2) is 4.79 Å². The summed E-state index contributed by atoms with van der Waals surface area (Å²) in [5.41, 5.74) is -1.31. The molecule has 27 heavy (non-hydrogen) atoms. The van der Waals surface area contributed by atoms with E-state index in [1.165, 1.54) is 0 Å². The van der Waals surface area contributed by atoms with Crippen molar-refractivity contribution in [2.75, 3.05) is 5.75 Å². The zero-order valence-electron chi connectivity index (χ0n) is 13.9. The molecule has 0 saturated heterocycles. The first-order valence-corrected chi connectivity index (χ1v) is 9.14. The van der Waals surface area contributed by atoms with E-state index >= 15 is 0 Å². The molecule has 1 amide bonds. The van der Waals surface area contributed by atoms with Gasteiger partial charge in [0.2, 0.25) is 0 Å². The molecule has 0 saturated carbocycles. The number of carbonyl (C=O) groups is 2. The average Bonchev–Trinajstić information content (AvgIpc) is 2.64. The topological polar surface area (TPSA) is 83.5 Å². The number of benzene rings is 2. The lowest BCUT2D eigenvalue weighted by Gasteiger charge is -2.15. The van der Waals surface area contributed by atoms with Gasteiger partial charge in [-0.3, -0.25) is 9.00 Å². The number of hydrogen-bond acceptors (Lipinski definition) is 3. The Balaban J connectivity index is 2.04. The highest BCUT2D eigenvalue weighted by atomic mass is 32.2. The minimum Gasteiger partial charge on any atom is -0.480 e. The second-order valence-electron chi connectivity index (χ2n) is 5.59. The van der Waals surface area contributed by atoms with Gasteiger partial charge in [-0.05, 0) is 36.8 Å². The third kappa shape index (κ3) is 5.92. The molecule has 0 unspecified atom stereocenters. The summed E-state index contributed by atoms with van der Waals surface area (Å²) >= 11 is 0. The number of alkyl halides is 3. The number of rotatable bonds is 7. The van der Waals surface area contributed by atoms with Gasteiger partial charge in [-0.15, -0.1) is 0 Å². The molecule has 2 aromatic rings. The Kier molecular flexibility index (Phi) is 6.73. The quantitative estimate of drug-likeness (QED) is 0.750. The summed E-state index contributed by atoms with van der Waals surface area (Å²) in [7, 11) is -1.46. The van der Waals surface area contributed by atoms with Gasteiger partial charge in [0.25, 0.3) is 5.91 Å². The van der Waals surface area contributed by atoms with E-state index in [1.54, 1.807) is 30.3 Å². The first-order chi connectivity index (χ1) is 12.7. The van der Waals surface area contributed by atoms with E-state index in [4.69, 9.17) is 0 Å². The molecule has 2 atom stereocenters. The number of carboxylic acid groups (broad SMARTS) is 1. The van der Waals surface area contributed by atoms with Crippen molar-refractivity contribution in [1.82, 2.24) is 5.32 Å². The summed E-state index contributed by atoms with van der Waals surface area (Å²) in [5, 5.41) is 11.4. The Hall–Kier alpha value is -2.68. The molecule has 2 aromatic carbocycles. The van der Waals surface area contributed by atoms with Gasteiger partial charge < -0.3 is 10.4 Å². The van der Waals surface area contributed by atoms with Crippen molar-refractivity contribution in [3.05, 3.63) is 65.7 Å². The second-order valence-corrected chi connectivity index (χ2v) is 7.16. The lowest BCUT2D eigenvalue weighted by molar-refractivity contribution is -0.139. The van der Waals surface area contributed by atoms with Gasteiger partial charge in [-0.1, -0.05) is 24.3 Å². The smallest absolute Gasteiger partial charge is 0.416 e. The number of carbonyl (C=O) groups excluding carboxylic acids is 1. The van der Waals surface area contributed by atoms with Crippen LogP contribution in [0, 0.1) is 0 Å². The van der Waals surface area contributed by atoms with Crippen LogP contribution in [0.3, 0.4) is 0 Å². The first-order valence-electron chi connectivity index (χ1n) is 7.83. The van der Waals surface area contributed by atoms with Crippen LogP contribution < -0.4 is 5.32 Å². The molecule has 5 nitrogen and oxygen atoms in total. The fourth-order valence-electron chi connectivity index (χ4n) is 2.25. The van der Waals surface area contributed by atoms with Crippen molar-refractivity contribution in [1.29, 1.82) is 0 Å². The SMILES string of the molecule is O=C(N[C@H](CC[S@](=O)c1ccccc1)C(=O)O)c1cccc(C(F)(F)F)c1. The van der Waals surface area contributed by atoms with Crippen LogP contribution in [-0.4, -0.2) is 33.0 Å². The van der Waals surface area contributed by atoms with Crippen LogP contribution >= 0.6 is 0 Å². The number of halogens is 3. The molecule has 0 spiro atoms. The van der Waals surface area contributed by atoms with Gasteiger partial charge >= 0.3 is 12.1 Å². The van der Waals surface area contributed by atoms with Crippen LogP contribution in [-0.2, 0) is 21.8 Å². The Morgan fingerprint density at radius 3 is 2.33 bits per heavy atom. The molecule has 0 fully saturated rings. The van der Waals surface area contributed by atoms with Gasteiger partial charge in [0.15, 0.2) is 0 Å². The molecular formula is C18H16F3NO4S. The van der Waals surface area contributed by atoms with Crippen LogP contribution in [0.1, 0.15) is 22.3 Å². The molecule has 2 rings (SSSR count). The van der Waals surface area contributed by atoms with Gasteiger partial charge in [0.05, 0.1) is 16.4 Å². The van der Waals surface area contributed by atoms with E-state index in [2.05, 4.69) is 5.32 Å². The largest absolute Gasteiger partial charge is 0.480 e. The van der Waals surface area contributed by atoms with Crippen LogP contribution in [0.25, 0.3) is 0 Å². The summed E-state index contributed by atoms with van der Waals surface area (Å²) < 4.78 is 50.4. The average molecular weight is 399 g/mol. The van der Waals surface area contributed by atoms with Crippen molar-refractivity contribution < 1.29 is 32.1 Å². The summed E-state index contributed by atoms with van der Waals surface area (Å²) in [4.78, 5) is 24.0. The highest BCUT2D eigenvalue weighted by Gasteiger charge is 2.31. The van der Waals surface area contributed by atoms with Crippen molar-refractivity contribution in [3.63, 3.8) is 0 Å². The Morgan fingerprint density at radius 1 is 1.07 bits per heavy atom. The van der Waals surface area contributed by atoms with Crippen LogP contribution in [0.5, 0.6) is 0 Å². The fraction of sp³-hybridized carbons (Fsp3) is 0.222. The van der Waals surface area contributed by atoms with E-state index < -0.39 is 40.5 Å². The second kappa shape index (κ2) is 8.81. The van der Waals surface area contributed by atoms with Crippen LogP contribution in [0.15, 0.2) is 59.5 Å². The summed E-state index contributed by atoms with van der Waals surface area (Å²) in [5.74, 6) is -2.33. The van der Waals surface area contributed by atoms with Crippen molar-refractivity contribution in [2.45, 2.75) is 23.5 Å². The summed E-state index contributed by atoms with van der Waals surface area (Å²) in [6, 6.07) is 10.7. The number of hydrogen-bond donors (Lipinski definition) is 2. The van der Waals surface area contributed by atoms with E-state index in [0.717, 1.165) is 18.2 Å². The minimum absolute atomic E-state index is 0.0240. The zero-order valence-corrected chi connectivity index (χ0v) is 14.7. The molecule has 9 heteroatoms. The van der Waals surface area contributed by atoms with Gasteiger partial charge in [0, 0.05) is 16.2 Å². The molecule has 0 aliphatic heterocycles. The molecule has 0 aliphatic rings. The predicted octanol–water partition coefficient (Wildman–Crippen LogP) is 3.09. The Labute approximate surface area is 155 Å². The highest BCUT2D eigenvalue weighted by Crippen LogP contribution is 2.29. The van der Waals surface area contributed by atoms with Crippen molar-refractivity contribution >= 4 is 22.7 Å². The third-order valence-corrected chi connectivity index (χ3v) is 5.06. The molecule has 0 bridgehead atoms. The maximum Gasteiger partial charge on any atom is 0.416 e. The lowest BCUT2D eigenvalue weighted by Crippen LogP contribution is -2.41. The molecule has 0 heterocycles. The Bertz CT molecular complexity index is 840. The predicted molar refractivity (Wildman–Crippen MR) is 92.7 cm³/mol. The molecule has 0 aliphatic carbocycles. The number of carboxylic acids is 1. The lowest BCUT2D eigenvalue weighted by atomic mass is 10.1. The van der Waals surface area contributed by atoms with E-state index in [-0.39, 0.29) is 17.7 Å². The fourth-order valence-corrected chi connectivity index (χ4v) is 3.40. The number of nitrogens with one attached hydrogen (secondary N) is 1. The third-order valence-electron chi connectivity index (χ3n) is 3.65. The standard InChI is InChI=1S/C18H16F3NO4S/c19-18(20,21)13-6-4-5-12(11-13)16(23)22-15(17(24)25)9-10-27(26)14-7-2-1-3-8-14/h1-8,11,15H,9-10H2,(H,22,23)(H,24,25)/t15-,27+/m1/s1. The van der Waals surface area contributed by atoms with Gasteiger partial charge in [-0.2, -0.15) is 13.2 Å². The van der Waals surface area contributed by atoms with E-state index in [1.807, 2.05) is 0 Å².